The summed E-state index contributed by atoms with van der Waals surface area (Å²) in [6.45, 7) is 13.2. The molecule has 1 aliphatic heterocycles. The summed E-state index contributed by atoms with van der Waals surface area (Å²) in [5, 5.41) is 3.36. The second-order valence-electron chi connectivity index (χ2n) is 4.95. The second kappa shape index (κ2) is 7.25. The van der Waals surface area contributed by atoms with Gasteiger partial charge in [-0.05, 0) is 39.8 Å². The van der Waals surface area contributed by atoms with E-state index in [9.17, 15) is 0 Å². The summed E-state index contributed by atoms with van der Waals surface area (Å²) in [4.78, 5) is 2.49. The van der Waals surface area contributed by atoms with Crippen LogP contribution in [-0.4, -0.2) is 49.3 Å². The van der Waals surface area contributed by atoms with Gasteiger partial charge in [0.1, 0.15) is 0 Å². The lowest BCUT2D eigenvalue weighted by Crippen LogP contribution is -2.38. The zero-order valence-corrected chi connectivity index (χ0v) is 11.3. The fraction of sp³-hybridized carbons (Fsp3) is 1.00. The molecule has 1 fully saturated rings. The van der Waals surface area contributed by atoms with Crippen LogP contribution in [0.2, 0.25) is 0 Å². The molecule has 1 heterocycles. The van der Waals surface area contributed by atoms with Crippen molar-refractivity contribution in [1.29, 1.82) is 0 Å². The van der Waals surface area contributed by atoms with Gasteiger partial charge in [0.05, 0.1) is 12.2 Å². The van der Waals surface area contributed by atoms with Gasteiger partial charge in [-0.1, -0.05) is 13.8 Å². The van der Waals surface area contributed by atoms with Crippen molar-refractivity contribution in [2.24, 2.45) is 0 Å². The molecule has 0 aliphatic carbocycles. The molecule has 96 valence electrons. The summed E-state index contributed by atoms with van der Waals surface area (Å²) in [7, 11) is 0. The smallest absolute Gasteiger partial charge is 0.0707 e. The van der Waals surface area contributed by atoms with Crippen LogP contribution in [-0.2, 0) is 4.74 Å². The first-order valence-electron chi connectivity index (χ1n) is 6.77. The second-order valence-corrected chi connectivity index (χ2v) is 4.95. The van der Waals surface area contributed by atoms with Crippen LogP contribution in [0.25, 0.3) is 0 Å². The Bertz CT molecular complexity index is 185. The first-order valence-corrected chi connectivity index (χ1v) is 6.77. The average molecular weight is 228 g/mol. The van der Waals surface area contributed by atoms with Gasteiger partial charge < -0.3 is 10.1 Å². The molecule has 0 aromatic carbocycles. The zero-order valence-electron chi connectivity index (χ0n) is 11.3. The van der Waals surface area contributed by atoms with Gasteiger partial charge in [-0.25, -0.2) is 0 Å². The summed E-state index contributed by atoms with van der Waals surface area (Å²) in [5.74, 6) is 0. The Morgan fingerprint density at radius 3 is 2.50 bits per heavy atom. The lowest BCUT2D eigenvalue weighted by atomic mass is 10.1. The van der Waals surface area contributed by atoms with Crippen molar-refractivity contribution in [3.05, 3.63) is 0 Å². The molecule has 1 N–H and O–H groups in total. The van der Waals surface area contributed by atoms with Crippen LogP contribution in [0.4, 0.5) is 0 Å². The highest BCUT2D eigenvalue weighted by molar-refractivity contribution is 4.78. The summed E-state index contributed by atoms with van der Waals surface area (Å²) >= 11 is 0. The van der Waals surface area contributed by atoms with Gasteiger partial charge >= 0.3 is 0 Å². The topological polar surface area (TPSA) is 24.5 Å². The van der Waals surface area contributed by atoms with E-state index >= 15 is 0 Å². The fourth-order valence-electron chi connectivity index (χ4n) is 2.34. The predicted octanol–water partition coefficient (Wildman–Crippen LogP) is 1.87. The molecule has 1 rings (SSSR count). The highest BCUT2D eigenvalue weighted by atomic mass is 16.5. The Morgan fingerprint density at radius 1 is 1.25 bits per heavy atom. The van der Waals surface area contributed by atoms with Crippen LogP contribution in [0, 0.1) is 0 Å². The number of hydrogen-bond donors (Lipinski definition) is 1. The lowest BCUT2D eigenvalue weighted by Gasteiger charge is -2.27. The summed E-state index contributed by atoms with van der Waals surface area (Å²) < 4.78 is 6.04. The number of nitrogens with zero attached hydrogens (tertiary/aromatic N) is 1. The van der Waals surface area contributed by atoms with Crippen molar-refractivity contribution >= 4 is 0 Å². The Hall–Kier alpha value is -0.120. The van der Waals surface area contributed by atoms with Crippen LogP contribution in [0.15, 0.2) is 0 Å². The molecular weight excluding hydrogens is 200 g/mol. The van der Waals surface area contributed by atoms with Gasteiger partial charge in [-0.3, -0.25) is 4.90 Å². The molecule has 2 atom stereocenters. The molecule has 1 saturated heterocycles. The Balaban J connectivity index is 2.24. The van der Waals surface area contributed by atoms with Gasteiger partial charge in [0.15, 0.2) is 0 Å². The number of nitrogens with one attached hydrogen (secondary N) is 1. The third kappa shape index (κ3) is 4.40. The molecule has 0 aromatic rings. The quantitative estimate of drug-likeness (QED) is 0.720. The molecule has 0 radical (unpaired) electrons. The Kier molecular flexibility index (Phi) is 6.32. The van der Waals surface area contributed by atoms with Gasteiger partial charge in [0, 0.05) is 19.1 Å². The minimum Gasteiger partial charge on any atom is -0.372 e. The van der Waals surface area contributed by atoms with Crippen LogP contribution in [0.5, 0.6) is 0 Å². The number of ether oxygens (including phenoxy) is 1. The maximum Gasteiger partial charge on any atom is 0.0707 e. The first kappa shape index (κ1) is 13.9. The lowest BCUT2D eigenvalue weighted by molar-refractivity contribution is 0.0187. The minimum absolute atomic E-state index is 0.441. The number of rotatable bonds is 7. The minimum atomic E-state index is 0.441. The zero-order chi connectivity index (χ0) is 12.0. The first-order chi connectivity index (χ1) is 7.67. The van der Waals surface area contributed by atoms with E-state index in [-0.39, 0.29) is 0 Å². The molecule has 1 aliphatic rings. The highest BCUT2D eigenvalue weighted by Gasteiger charge is 2.26. The van der Waals surface area contributed by atoms with E-state index in [1.54, 1.807) is 0 Å². The number of hydrogen-bond acceptors (Lipinski definition) is 3. The molecule has 2 unspecified atom stereocenters. The molecule has 0 amide bonds. The molecule has 3 nitrogen and oxygen atoms in total. The molecule has 0 bridgehead atoms. The van der Waals surface area contributed by atoms with E-state index in [4.69, 9.17) is 4.74 Å². The monoisotopic (exact) mass is 228 g/mol. The SMILES string of the molecule is CCNCC1CCC(CN(CC)C(C)C)O1. The van der Waals surface area contributed by atoms with E-state index in [0.29, 0.717) is 18.2 Å². The summed E-state index contributed by atoms with van der Waals surface area (Å²) in [6.07, 6.45) is 3.33. The predicted molar refractivity (Wildman–Crippen MR) is 68.8 cm³/mol. The van der Waals surface area contributed by atoms with Gasteiger partial charge in [0.2, 0.25) is 0 Å². The van der Waals surface area contributed by atoms with Gasteiger partial charge in [-0.15, -0.1) is 0 Å². The van der Waals surface area contributed by atoms with Crippen LogP contribution in [0.1, 0.15) is 40.5 Å². The van der Waals surface area contributed by atoms with Crippen LogP contribution < -0.4 is 5.32 Å². The standard InChI is InChI=1S/C13H28N2O/c1-5-14-9-12-7-8-13(16-12)10-15(6-2)11(3)4/h11-14H,5-10H2,1-4H3. The van der Waals surface area contributed by atoms with Crippen molar-refractivity contribution < 1.29 is 4.74 Å². The Morgan fingerprint density at radius 2 is 1.94 bits per heavy atom. The Labute approximate surface area is 101 Å². The third-order valence-corrected chi connectivity index (χ3v) is 3.39. The summed E-state index contributed by atoms with van der Waals surface area (Å²) in [5.41, 5.74) is 0. The van der Waals surface area contributed by atoms with E-state index in [0.717, 1.165) is 26.2 Å². The van der Waals surface area contributed by atoms with Crippen molar-refractivity contribution in [2.45, 2.75) is 58.8 Å². The molecule has 3 heteroatoms. The molecule has 0 aromatic heterocycles. The average Bonchev–Trinajstić information content (AvgIpc) is 2.70. The van der Waals surface area contributed by atoms with Crippen molar-refractivity contribution in [3.8, 4) is 0 Å². The molecule has 16 heavy (non-hydrogen) atoms. The van der Waals surface area contributed by atoms with Gasteiger partial charge in [0.25, 0.3) is 0 Å². The van der Waals surface area contributed by atoms with Gasteiger partial charge in [-0.2, -0.15) is 0 Å². The summed E-state index contributed by atoms with van der Waals surface area (Å²) in [6, 6.07) is 0.626. The molecule has 0 spiro atoms. The van der Waals surface area contributed by atoms with E-state index in [2.05, 4.69) is 37.9 Å². The molecular formula is C13H28N2O. The van der Waals surface area contributed by atoms with E-state index < -0.39 is 0 Å². The van der Waals surface area contributed by atoms with Crippen molar-refractivity contribution in [3.63, 3.8) is 0 Å². The number of likely N-dealkylation sites (N-methyl/N-ethyl adjacent to an activating group) is 2. The third-order valence-electron chi connectivity index (χ3n) is 3.39. The largest absolute Gasteiger partial charge is 0.372 e. The molecule has 0 saturated carbocycles. The van der Waals surface area contributed by atoms with Crippen LogP contribution >= 0.6 is 0 Å². The van der Waals surface area contributed by atoms with Crippen molar-refractivity contribution in [2.75, 3.05) is 26.2 Å². The van der Waals surface area contributed by atoms with Crippen molar-refractivity contribution in [1.82, 2.24) is 10.2 Å². The van der Waals surface area contributed by atoms with E-state index in [1.807, 2.05) is 0 Å². The maximum absolute atomic E-state index is 6.04. The maximum atomic E-state index is 6.04. The van der Waals surface area contributed by atoms with E-state index in [1.165, 1.54) is 12.8 Å². The van der Waals surface area contributed by atoms with Crippen LogP contribution in [0.3, 0.4) is 0 Å². The fourth-order valence-corrected chi connectivity index (χ4v) is 2.34. The highest BCUT2D eigenvalue weighted by Crippen LogP contribution is 2.20. The normalized spacial score (nSPS) is 25.9.